The summed E-state index contributed by atoms with van der Waals surface area (Å²) in [4.78, 5) is 0. The Labute approximate surface area is 108 Å². The maximum atomic E-state index is 5.73. The first-order valence-electron chi connectivity index (χ1n) is 5.50. The smallest absolute Gasteiger partial charge is 0.178 e. The van der Waals surface area contributed by atoms with Gasteiger partial charge in [-0.05, 0) is 40.5 Å². The van der Waals surface area contributed by atoms with Crippen LogP contribution in [0.15, 0.2) is 57.6 Å². The van der Waals surface area contributed by atoms with Crippen molar-refractivity contribution in [2.75, 3.05) is 0 Å². The van der Waals surface area contributed by atoms with Crippen LogP contribution in [0.25, 0.3) is 22.1 Å². The van der Waals surface area contributed by atoms with Crippen molar-refractivity contribution >= 4 is 26.9 Å². The molecule has 0 fully saturated rings. The highest BCUT2D eigenvalue weighted by Crippen LogP contribution is 2.38. The number of hydrogen-bond acceptors (Lipinski definition) is 1. The van der Waals surface area contributed by atoms with E-state index >= 15 is 0 Å². The number of fused-ring (bicyclic) bond motifs is 1. The maximum Gasteiger partial charge on any atom is 0.178 e. The number of benzene rings is 2. The van der Waals surface area contributed by atoms with Gasteiger partial charge in [0, 0.05) is 10.9 Å². The van der Waals surface area contributed by atoms with Gasteiger partial charge in [0.05, 0.1) is 0 Å². The molecule has 0 unspecified atom stereocenters. The summed E-state index contributed by atoms with van der Waals surface area (Å²) in [5.74, 6) is 0. The van der Waals surface area contributed by atoms with E-state index in [2.05, 4.69) is 47.1 Å². The van der Waals surface area contributed by atoms with Crippen LogP contribution in [-0.4, -0.2) is 0 Å². The average molecular weight is 287 g/mol. The van der Waals surface area contributed by atoms with E-state index in [-0.39, 0.29) is 0 Å². The molecule has 2 heteroatoms. The number of aryl methyl sites for hydroxylation is 1. The van der Waals surface area contributed by atoms with Crippen molar-refractivity contribution in [3.8, 4) is 11.1 Å². The molecule has 17 heavy (non-hydrogen) atoms. The molecular weight excluding hydrogens is 276 g/mol. The fourth-order valence-corrected chi connectivity index (χ4v) is 2.67. The van der Waals surface area contributed by atoms with Gasteiger partial charge < -0.3 is 4.42 Å². The second-order valence-corrected chi connectivity index (χ2v) is 4.84. The highest BCUT2D eigenvalue weighted by molar-refractivity contribution is 9.10. The normalized spacial score (nSPS) is 10.9. The lowest BCUT2D eigenvalue weighted by atomic mass is 10.0. The molecule has 0 aliphatic carbocycles. The summed E-state index contributed by atoms with van der Waals surface area (Å²) in [7, 11) is 0. The minimum absolute atomic E-state index is 0.796. The molecule has 84 valence electrons. The van der Waals surface area contributed by atoms with Crippen LogP contribution in [0.4, 0.5) is 0 Å². The van der Waals surface area contributed by atoms with Gasteiger partial charge in [0.25, 0.3) is 0 Å². The molecule has 0 bridgehead atoms. The van der Waals surface area contributed by atoms with E-state index in [1.54, 1.807) is 0 Å². The number of hydrogen-bond donors (Lipinski definition) is 0. The fraction of sp³-hybridized carbons (Fsp3) is 0.0667. The molecule has 0 aliphatic rings. The number of halogens is 1. The van der Waals surface area contributed by atoms with Gasteiger partial charge in [-0.2, -0.15) is 0 Å². The lowest BCUT2D eigenvalue weighted by Gasteiger charge is -1.99. The van der Waals surface area contributed by atoms with E-state index in [1.165, 1.54) is 11.1 Å². The van der Waals surface area contributed by atoms with Gasteiger partial charge in [0.2, 0.25) is 0 Å². The summed E-state index contributed by atoms with van der Waals surface area (Å²) >= 11 is 3.50. The van der Waals surface area contributed by atoms with Gasteiger partial charge in [-0.25, -0.2) is 0 Å². The molecular formula is C15H11BrO. The molecule has 0 amide bonds. The molecule has 3 aromatic rings. The Bertz CT molecular complexity index is 668. The second-order valence-electron chi connectivity index (χ2n) is 4.12. The molecule has 2 aromatic carbocycles. The van der Waals surface area contributed by atoms with Gasteiger partial charge >= 0.3 is 0 Å². The summed E-state index contributed by atoms with van der Waals surface area (Å²) in [6.07, 6.45) is 0. The first-order chi connectivity index (χ1) is 8.25. The average Bonchev–Trinajstić information content (AvgIpc) is 2.65. The number of rotatable bonds is 1. The lowest BCUT2D eigenvalue weighted by molar-refractivity contribution is 0.589. The minimum atomic E-state index is 0.796. The summed E-state index contributed by atoms with van der Waals surface area (Å²) < 4.78 is 6.52. The van der Waals surface area contributed by atoms with Crippen LogP contribution in [0.3, 0.4) is 0 Å². The zero-order chi connectivity index (χ0) is 11.8. The van der Waals surface area contributed by atoms with E-state index in [0.717, 1.165) is 21.2 Å². The van der Waals surface area contributed by atoms with Gasteiger partial charge in [-0.3, -0.25) is 0 Å². The standard InChI is InChI=1S/C15H11BrO/c1-10-7-8-13-12(9-10)14(15(16)17-13)11-5-3-2-4-6-11/h2-9H,1H3. The van der Waals surface area contributed by atoms with Crippen LogP contribution in [0.1, 0.15) is 5.56 Å². The molecule has 0 saturated carbocycles. The zero-order valence-corrected chi connectivity index (χ0v) is 11.0. The fourth-order valence-electron chi connectivity index (χ4n) is 2.06. The van der Waals surface area contributed by atoms with E-state index in [1.807, 2.05) is 24.3 Å². The second kappa shape index (κ2) is 4.04. The highest BCUT2D eigenvalue weighted by atomic mass is 79.9. The zero-order valence-electron chi connectivity index (χ0n) is 9.41. The van der Waals surface area contributed by atoms with Crippen LogP contribution in [0, 0.1) is 6.92 Å². The van der Waals surface area contributed by atoms with Crippen LogP contribution in [0.2, 0.25) is 0 Å². The Morgan fingerprint density at radius 2 is 1.76 bits per heavy atom. The first kappa shape index (κ1) is 10.6. The van der Waals surface area contributed by atoms with Crippen LogP contribution in [-0.2, 0) is 0 Å². The molecule has 1 nitrogen and oxygen atoms in total. The summed E-state index contributed by atoms with van der Waals surface area (Å²) in [6, 6.07) is 16.5. The Morgan fingerprint density at radius 1 is 1.00 bits per heavy atom. The van der Waals surface area contributed by atoms with E-state index in [0.29, 0.717) is 0 Å². The largest absolute Gasteiger partial charge is 0.449 e. The van der Waals surface area contributed by atoms with Crippen molar-refractivity contribution < 1.29 is 4.42 Å². The third-order valence-corrected chi connectivity index (χ3v) is 3.42. The summed E-state index contributed by atoms with van der Waals surface area (Å²) in [6.45, 7) is 2.09. The monoisotopic (exact) mass is 286 g/mol. The Balaban J connectivity index is 2.35. The summed E-state index contributed by atoms with van der Waals surface area (Å²) in [5.41, 5.74) is 4.46. The van der Waals surface area contributed by atoms with Crippen LogP contribution in [0.5, 0.6) is 0 Å². The Morgan fingerprint density at radius 3 is 2.53 bits per heavy atom. The van der Waals surface area contributed by atoms with E-state index in [4.69, 9.17) is 4.42 Å². The molecule has 0 spiro atoms. The van der Waals surface area contributed by atoms with Crippen molar-refractivity contribution in [2.45, 2.75) is 6.92 Å². The molecule has 0 atom stereocenters. The highest BCUT2D eigenvalue weighted by Gasteiger charge is 2.13. The molecule has 3 rings (SSSR count). The van der Waals surface area contributed by atoms with Crippen molar-refractivity contribution in [2.24, 2.45) is 0 Å². The SMILES string of the molecule is Cc1ccc2oc(Br)c(-c3ccccc3)c2c1. The molecule has 0 N–H and O–H groups in total. The van der Waals surface area contributed by atoms with Gasteiger partial charge in [0.15, 0.2) is 4.67 Å². The molecule has 1 heterocycles. The topological polar surface area (TPSA) is 13.1 Å². The molecule has 0 radical (unpaired) electrons. The van der Waals surface area contributed by atoms with E-state index in [9.17, 15) is 0 Å². The van der Waals surface area contributed by atoms with Crippen molar-refractivity contribution in [3.05, 3.63) is 58.8 Å². The molecule has 1 aromatic heterocycles. The van der Waals surface area contributed by atoms with Crippen LogP contribution >= 0.6 is 15.9 Å². The maximum absolute atomic E-state index is 5.73. The van der Waals surface area contributed by atoms with Gasteiger partial charge in [-0.15, -0.1) is 0 Å². The Kier molecular flexibility index (Phi) is 2.52. The predicted octanol–water partition coefficient (Wildman–Crippen LogP) is 5.17. The van der Waals surface area contributed by atoms with E-state index < -0.39 is 0 Å². The third kappa shape index (κ3) is 1.79. The molecule has 0 saturated heterocycles. The first-order valence-corrected chi connectivity index (χ1v) is 6.29. The summed E-state index contributed by atoms with van der Waals surface area (Å²) in [5, 5.41) is 1.16. The minimum Gasteiger partial charge on any atom is -0.449 e. The third-order valence-electron chi connectivity index (χ3n) is 2.86. The van der Waals surface area contributed by atoms with Gasteiger partial charge in [0.1, 0.15) is 5.58 Å². The molecule has 0 aliphatic heterocycles. The van der Waals surface area contributed by atoms with Crippen molar-refractivity contribution in [3.63, 3.8) is 0 Å². The van der Waals surface area contributed by atoms with Crippen LogP contribution < -0.4 is 0 Å². The van der Waals surface area contributed by atoms with Gasteiger partial charge in [-0.1, -0.05) is 42.0 Å². The Hall–Kier alpha value is -1.54. The van der Waals surface area contributed by atoms with Crippen molar-refractivity contribution in [1.29, 1.82) is 0 Å². The predicted molar refractivity (Wildman–Crippen MR) is 74.1 cm³/mol. The lowest BCUT2D eigenvalue weighted by Crippen LogP contribution is -1.76. The van der Waals surface area contributed by atoms with Crippen molar-refractivity contribution in [1.82, 2.24) is 0 Å². The quantitative estimate of drug-likeness (QED) is 0.601. The number of furan rings is 1.